The van der Waals surface area contributed by atoms with Crippen molar-refractivity contribution >= 4 is 17.4 Å². The summed E-state index contributed by atoms with van der Waals surface area (Å²) >= 11 is 5.84. The van der Waals surface area contributed by atoms with Gasteiger partial charge in [0.25, 0.3) is 0 Å². The lowest BCUT2D eigenvalue weighted by atomic mass is 10.4. The van der Waals surface area contributed by atoms with Gasteiger partial charge in [-0.05, 0) is 6.42 Å². The van der Waals surface area contributed by atoms with Gasteiger partial charge in [-0.15, -0.1) is 0 Å². The van der Waals surface area contributed by atoms with Gasteiger partial charge in [-0.1, -0.05) is 18.5 Å². The Labute approximate surface area is 77.4 Å². The highest BCUT2D eigenvalue weighted by molar-refractivity contribution is 6.31. The number of hydrogen-bond acceptors (Lipinski definition) is 3. The molecule has 1 aromatic heterocycles. The molecule has 1 heterocycles. The first kappa shape index (κ1) is 9.26. The van der Waals surface area contributed by atoms with Crippen LogP contribution in [0.25, 0.3) is 0 Å². The normalized spacial score (nSPS) is 9.92. The summed E-state index contributed by atoms with van der Waals surface area (Å²) in [5.74, 6) is 0.751. The zero-order valence-corrected chi connectivity index (χ0v) is 8.04. The van der Waals surface area contributed by atoms with Crippen molar-refractivity contribution in [2.75, 3.05) is 18.5 Å². The molecule has 4 heteroatoms. The predicted octanol–water partition coefficient (Wildman–Crippen LogP) is 1.98. The minimum absolute atomic E-state index is 0.466. The van der Waals surface area contributed by atoms with Gasteiger partial charge in [-0.2, -0.15) is 0 Å². The van der Waals surface area contributed by atoms with Crippen LogP contribution in [-0.4, -0.2) is 23.6 Å². The molecule has 0 saturated heterocycles. The maximum absolute atomic E-state index is 5.84. The SMILES string of the molecule is CCCN(C)c1nccnc1Cl. The van der Waals surface area contributed by atoms with E-state index in [1.807, 2.05) is 11.9 Å². The maximum atomic E-state index is 5.84. The summed E-state index contributed by atoms with van der Waals surface area (Å²) in [7, 11) is 1.96. The van der Waals surface area contributed by atoms with Crippen LogP contribution in [0.3, 0.4) is 0 Å². The highest BCUT2D eigenvalue weighted by atomic mass is 35.5. The Kier molecular flexibility index (Phi) is 3.29. The number of anilines is 1. The summed E-state index contributed by atoms with van der Waals surface area (Å²) in [4.78, 5) is 10.1. The van der Waals surface area contributed by atoms with Crippen molar-refractivity contribution in [3.63, 3.8) is 0 Å². The van der Waals surface area contributed by atoms with E-state index in [-0.39, 0.29) is 0 Å². The molecule has 0 unspecified atom stereocenters. The van der Waals surface area contributed by atoms with Gasteiger partial charge in [0.15, 0.2) is 11.0 Å². The summed E-state index contributed by atoms with van der Waals surface area (Å²) in [5, 5.41) is 0.466. The van der Waals surface area contributed by atoms with Gasteiger partial charge >= 0.3 is 0 Å². The van der Waals surface area contributed by atoms with Gasteiger partial charge in [0, 0.05) is 26.0 Å². The minimum atomic E-state index is 0.466. The lowest BCUT2D eigenvalue weighted by Gasteiger charge is -2.16. The van der Waals surface area contributed by atoms with Crippen LogP contribution < -0.4 is 4.90 Å². The van der Waals surface area contributed by atoms with Crippen LogP contribution in [0.15, 0.2) is 12.4 Å². The Balaban J connectivity index is 2.79. The molecule has 0 saturated carbocycles. The van der Waals surface area contributed by atoms with Crippen LogP contribution >= 0.6 is 11.6 Å². The molecule has 0 N–H and O–H groups in total. The second-order valence-electron chi connectivity index (χ2n) is 2.59. The van der Waals surface area contributed by atoms with Crippen LogP contribution in [0.4, 0.5) is 5.82 Å². The highest BCUT2D eigenvalue weighted by Gasteiger charge is 2.05. The molecule has 0 amide bonds. The molecule has 0 spiro atoms. The van der Waals surface area contributed by atoms with Crippen molar-refractivity contribution in [2.24, 2.45) is 0 Å². The molecular weight excluding hydrogens is 174 g/mol. The molecule has 0 bridgehead atoms. The van der Waals surface area contributed by atoms with E-state index >= 15 is 0 Å². The monoisotopic (exact) mass is 185 g/mol. The highest BCUT2D eigenvalue weighted by Crippen LogP contribution is 2.17. The van der Waals surface area contributed by atoms with E-state index in [9.17, 15) is 0 Å². The van der Waals surface area contributed by atoms with Crippen LogP contribution in [0.5, 0.6) is 0 Å². The van der Waals surface area contributed by atoms with E-state index in [1.165, 1.54) is 0 Å². The summed E-state index contributed by atoms with van der Waals surface area (Å²) < 4.78 is 0. The van der Waals surface area contributed by atoms with Gasteiger partial charge in [0.2, 0.25) is 0 Å². The molecule has 1 rings (SSSR count). The first-order chi connectivity index (χ1) is 5.75. The van der Waals surface area contributed by atoms with Crippen molar-refractivity contribution in [3.8, 4) is 0 Å². The van der Waals surface area contributed by atoms with Crippen molar-refractivity contribution in [3.05, 3.63) is 17.5 Å². The van der Waals surface area contributed by atoms with E-state index in [0.29, 0.717) is 5.15 Å². The molecule has 66 valence electrons. The van der Waals surface area contributed by atoms with Crippen molar-refractivity contribution in [1.29, 1.82) is 0 Å². The number of nitrogens with zero attached hydrogens (tertiary/aromatic N) is 3. The first-order valence-corrected chi connectivity index (χ1v) is 4.31. The second-order valence-corrected chi connectivity index (χ2v) is 2.95. The first-order valence-electron chi connectivity index (χ1n) is 3.93. The molecule has 0 fully saturated rings. The molecule has 1 aromatic rings. The van der Waals surface area contributed by atoms with Crippen molar-refractivity contribution < 1.29 is 0 Å². The van der Waals surface area contributed by atoms with E-state index in [4.69, 9.17) is 11.6 Å². The molecule has 0 radical (unpaired) electrons. The Bertz CT molecular complexity index is 252. The number of hydrogen-bond donors (Lipinski definition) is 0. The van der Waals surface area contributed by atoms with E-state index < -0.39 is 0 Å². The maximum Gasteiger partial charge on any atom is 0.171 e. The van der Waals surface area contributed by atoms with Crippen molar-refractivity contribution in [2.45, 2.75) is 13.3 Å². The van der Waals surface area contributed by atoms with Crippen LogP contribution in [0.1, 0.15) is 13.3 Å². The second kappa shape index (κ2) is 4.26. The third-order valence-corrected chi connectivity index (χ3v) is 1.82. The van der Waals surface area contributed by atoms with Gasteiger partial charge < -0.3 is 4.90 Å². The van der Waals surface area contributed by atoms with Gasteiger partial charge in [0.05, 0.1) is 0 Å². The lowest BCUT2D eigenvalue weighted by Crippen LogP contribution is -2.19. The molecule has 0 atom stereocenters. The summed E-state index contributed by atoms with van der Waals surface area (Å²) in [6.07, 6.45) is 4.31. The number of aromatic nitrogens is 2. The van der Waals surface area contributed by atoms with Crippen molar-refractivity contribution in [1.82, 2.24) is 9.97 Å². The lowest BCUT2D eigenvalue weighted by molar-refractivity contribution is 0.834. The van der Waals surface area contributed by atoms with Gasteiger partial charge in [0.1, 0.15) is 0 Å². The molecule has 0 aromatic carbocycles. The van der Waals surface area contributed by atoms with Crippen LogP contribution in [0, 0.1) is 0 Å². The zero-order valence-electron chi connectivity index (χ0n) is 7.29. The summed E-state index contributed by atoms with van der Waals surface area (Å²) in [6.45, 7) is 3.05. The molecule has 0 aliphatic carbocycles. The quantitative estimate of drug-likeness (QED) is 0.721. The third-order valence-electron chi connectivity index (χ3n) is 1.56. The Morgan fingerprint density at radius 2 is 2.08 bits per heavy atom. The fraction of sp³-hybridized carbons (Fsp3) is 0.500. The standard InChI is InChI=1S/C8H12ClN3/c1-3-6-12(2)8-7(9)10-4-5-11-8/h4-5H,3,6H2,1-2H3. The number of halogens is 1. The smallest absolute Gasteiger partial charge is 0.171 e. The van der Waals surface area contributed by atoms with E-state index in [1.54, 1.807) is 12.4 Å². The van der Waals surface area contributed by atoms with Crippen LogP contribution in [0.2, 0.25) is 5.15 Å². The molecule has 0 aliphatic rings. The Hall–Kier alpha value is -0.830. The van der Waals surface area contributed by atoms with Crippen LogP contribution in [-0.2, 0) is 0 Å². The third kappa shape index (κ3) is 2.08. The summed E-state index contributed by atoms with van der Waals surface area (Å²) in [5.41, 5.74) is 0. The fourth-order valence-corrected chi connectivity index (χ4v) is 1.26. The fourth-order valence-electron chi connectivity index (χ4n) is 1.01. The van der Waals surface area contributed by atoms with Gasteiger partial charge in [-0.25, -0.2) is 9.97 Å². The number of rotatable bonds is 3. The predicted molar refractivity (Wildman–Crippen MR) is 50.6 cm³/mol. The average Bonchev–Trinajstić information content (AvgIpc) is 2.05. The molecular formula is C8H12ClN3. The topological polar surface area (TPSA) is 29.0 Å². The molecule has 12 heavy (non-hydrogen) atoms. The molecule has 3 nitrogen and oxygen atoms in total. The van der Waals surface area contributed by atoms with E-state index in [0.717, 1.165) is 18.8 Å². The largest absolute Gasteiger partial charge is 0.357 e. The van der Waals surface area contributed by atoms with Gasteiger partial charge in [-0.3, -0.25) is 0 Å². The Morgan fingerprint density at radius 1 is 1.42 bits per heavy atom. The average molecular weight is 186 g/mol. The zero-order chi connectivity index (χ0) is 8.97. The van der Waals surface area contributed by atoms with E-state index in [2.05, 4.69) is 16.9 Å². The summed E-state index contributed by atoms with van der Waals surface area (Å²) in [6, 6.07) is 0. The molecule has 0 aliphatic heterocycles. The Morgan fingerprint density at radius 3 is 2.67 bits per heavy atom. The minimum Gasteiger partial charge on any atom is -0.357 e.